The van der Waals surface area contributed by atoms with Gasteiger partial charge in [0, 0.05) is 18.1 Å². The zero-order valence-electron chi connectivity index (χ0n) is 10.8. The largest absolute Gasteiger partial charge is 0.243 e. The van der Waals surface area contributed by atoms with Gasteiger partial charge in [-0.05, 0) is 35.9 Å². The lowest BCUT2D eigenvalue weighted by molar-refractivity contribution is 0.466. The summed E-state index contributed by atoms with van der Waals surface area (Å²) in [6, 6.07) is 12.2. The summed E-state index contributed by atoms with van der Waals surface area (Å²) in [6.45, 7) is 0.237. The van der Waals surface area contributed by atoms with E-state index in [1.165, 1.54) is 23.5 Å². The smallest absolute Gasteiger partial charge is 0.207 e. The second-order valence-electron chi connectivity index (χ2n) is 4.31. The van der Waals surface area contributed by atoms with Crippen molar-refractivity contribution in [1.29, 1.82) is 0 Å². The number of halogens is 2. The molecule has 0 aromatic heterocycles. The van der Waals surface area contributed by atoms with Crippen molar-refractivity contribution in [3.63, 3.8) is 0 Å². The molecule has 3 nitrogen and oxygen atoms in total. The Hall–Kier alpha value is -1.24. The maximum Gasteiger partial charge on any atom is 0.243 e. The number of hydrogen-bond acceptors (Lipinski definition) is 2. The highest BCUT2D eigenvalue weighted by molar-refractivity contribution is 9.10. The average Bonchev–Trinajstić information content (AvgIpc) is 2.41. The van der Waals surface area contributed by atoms with E-state index in [4.69, 9.17) is 0 Å². The molecule has 20 heavy (non-hydrogen) atoms. The van der Waals surface area contributed by atoms with E-state index in [9.17, 15) is 12.8 Å². The first-order chi connectivity index (χ1) is 9.41. The summed E-state index contributed by atoms with van der Waals surface area (Å²) in [7, 11) is -2.13. The molecule has 0 radical (unpaired) electrons. The summed E-state index contributed by atoms with van der Waals surface area (Å²) in [5, 5.41) is 0. The molecule has 0 aliphatic rings. The normalized spacial score (nSPS) is 11.8. The molecule has 0 atom stereocenters. The molecule has 2 aromatic carbocycles. The van der Waals surface area contributed by atoms with Crippen LogP contribution in [-0.2, 0) is 16.6 Å². The second kappa shape index (κ2) is 6.03. The minimum absolute atomic E-state index is 0.0773. The standard InChI is InChI=1S/C14H13BrFNO2S/c1-17(10-11-4-2-3-5-14(11)15)20(18,19)13-8-6-12(16)7-9-13/h2-9H,10H2,1H3. The molecule has 0 saturated carbocycles. The quantitative estimate of drug-likeness (QED) is 0.840. The maximum atomic E-state index is 12.9. The Morgan fingerprint density at radius 2 is 1.70 bits per heavy atom. The van der Waals surface area contributed by atoms with Crippen LogP contribution in [0.5, 0.6) is 0 Å². The molecule has 2 aromatic rings. The topological polar surface area (TPSA) is 37.4 Å². The van der Waals surface area contributed by atoms with E-state index < -0.39 is 15.8 Å². The molecule has 2 rings (SSSR count). The molecule has 6 heteroatoms. The van der Waals surface area contributed by atoms with Crippen LogP contribution in [-0.4, -0.2) is 19.8 Å². The van der Waals surface area contributed by atoms with Crippen molar-refractivity contribution < 1.29 is 12.8 Å². The van der Waals surface area contributed by atoms with E-state index in [2.05, 4.69) is 15.9 Å². The first-order valence-corrected chi connectivity index (χ1v) is 8.10. The molecule has 0 aliphatic carbocycles. The number of benzene rings is 2. The van der Waals surface area contributed by atoms with Gasteiger partial charge in [-0.3, -0.25) is 0 Å². The summed E-state index contributed by atoms with van der Waals surface area (Å²) in [5.41, 5.74) is 0.862. The number of nitrogens with zero attached hydrogens (tertiary/aromatic N) is 1. The molecule has 0 spiro atoms. The monoisotopic (exact) mass is 357 g/mol. The Morgan fingerprint density at radius 3 is 2.30 bits per heavy atom. The van der Waals surface area contributed by atoms with Gasteiger partial charge in [0.05, 0.1) is 4.90 Å². The average molecular weight is 358 g/mol. The number of sulfonamides is 1. The third-order valence-electron chi connectivity index (χ3n) is 2.87. The highest BCUT2D eigenvalue weighted by atomic mass is 79.9. The van der Waals surface area contributed by atoms with Crippen LogP contribution in [0.3, 0.4) is 0 Å². The van der Waals surface area contributed by atoms with Crippen molar-refractivity contribution in [1.82, 2.24) is 4.31 Å². The minimum atomic E-state index is -3.62. The Labute approximate surface area is 126 Å². The molecule has 0 unspecified atom stereocenters. The zero-order chi connectivity index (χ0) is 14.8. The Bertz CT molecular complexity index is 701. The first kappa shape index (κ1) is 15.2. The molecule has 0 fully saturated rings. The molecular weight excluding hydrogens is 345 g/mol. The van der Waals surface area contributed by atoms with Crippen LogP contribution < -0.4 is 0 Å². The van der Waals surface area contributed by atoms with Crippen LogP contribution >= 0.6 is 15.9 Å². The zero-order valence-corrected chi connectivity index (χ0v) is 13.2. The lowest BCUT2D eigenvalue weighted by Crippen LogP contribution is -2.26. The molecule has 0 bridgehead atoms. The predicted molar refractivity (Wildman–Crippen MR) is 79.2 cm³/mol. The fourth-order valence-electron chi connectivity index (χ4n) is 1.74. The molecule has 0 saturated heterocycles. The fraction of sp³-hybridized carbons (Fsp3) is 0.143. The fourth-order valence-corrected chi connectivity index (χ4v) is 3.30. The summed E-state index contributed by atoms with van der Waals surface area (Å²) in [5.74, 6) is -0.461. The SMILES string of the molecule is CN(Cc1ccccc1Br)S(=O)(=O)c1ccc(F)cc1. The van der Waals surface area contributed by atoms with Crippen LogP contribution in [0.25, 0.3) is 0 Å². The van der Waals surface area contributed by atoms with Gasteiger partial charge in [0.15, 0.2) is 0 Å². The van der Waals surface area contributed by atoms with Gasteiger partial charge in [-0.1, -0.05) is 34.1 Å². The van der Waals surface area contributed by atoms with Crippen LogP contribution in [0.2, 0.25) is 0 Å². The number of rotatable bonds is 4. The van der Waals surface area contributed by atoms with Gasteiger partial charge >= 0.3 is 0 Å². The second-order valence-corrected chi connectivity index (χ2v) is 7.21. The van der Waals surface area contributed by atoms with Crippen molar-refractivity contribution >= 4 is 26.0 Å². The van der Waals surface area contributed by atoms with Gasteiger partial charge in [-0.2, -0.15) is 4.31 Å². The molecular formula is C14H13BrFNO2S. The summed E-state index contributed by atoms with van der Waals surface area (Å²) >= 11 is 3.39. The third-order valence-corrected chi connectivity index (χ3v) is 5.46. The van der Waals surface area contributed by atoms with Gasteiger partial charge in [-0.25, -0.2) is 12.8 Å². The van der Waals surface area contributed by atoms with Gasteiger partial charge in [-0.15, -0.1) is 0 Å². The Balaban J connectivity index is 2.26. The van der Waals surface area contributed by atoms with Crippen LogP contribution in [0.4, 0.5) is 4.39 Å². The summed E-state index contributed by atoms with van der Waals surface area (Å²) in [4.78, 5) is 0.0773. The van der Waals surface area contributed by atoms with Gasteiger partial charge in [0.2, 0.25) is 10.0 Å². The molecule has 0 aliphatic heterocycles. The predicted octanol–water partition coefficient (Wildman–Crippen LogP) is 3.41. The highest BCUT2D eigenvalue weighted by Gasteiger charge is 2.21. The van der Waals surface area contributed by atoms with Crippen molar-refractivity contribution in [3.05, 3.63) is 64.4 Å². The minimum Gasteiger partial charge on any atom is -0.207 e. The van der Waals surface area contributed by atoms with E-state index in [1.807, 2.05) is 24.3 Å². The lowest BCUT2D eigenvalue weighted by Gasteiger charge is -2.18. The van der Waals surface area contributed by atoms with Crippen molar-refractivity contribution in [2.75, 3.05) is 7.05 Å². The van der Waals surface area contributed by atoms with E-state index in [-0.39, 0.29) is 11.4 Å². The lowest BCUT2D eigenvalue weighted by atomic mass is 10.2. The van der Waals surface area contributed by atoms with Crippen LogP contribution in [0.15, 0.2) is 57.9 Å². The van der Waals surface area contributed by atoms with E-state index in [0.717, 1.165) is 22.2 Å². The van der Waals surface area contributed by atoms with Crippen LogP contribution in [0.1, 0.15) is 5.56 Å². The summed E-state index contributed by atoms with van der Waals surface area (Å²) in [6.07, 6.45) is 0. The van der Waals surface area contributed by atoms with Gasteiger partial charge in [0.25, 0.3) is 0 Å². The van der Waals surface area contributed by atoms with E-state index in [0.29, 0.717) is 0 Å². The van der Waals surface area contributed by atoms with E-state index in [1.54, 1.807) is 0 Å². The molecule has 0 N–H and O–H groups in total. The van der Waals surface area contributed by atoms with Crippen LogP contribution in [0, 0.1) is 5.82 Å². The van der Waals surface area contributed by atoms with Gasteiger partial charge in [0.1, 0.15) is 5.82 Å². The first-order valence-electron chi connectivity index (χ1n) is 5.86. The van der Waals surface area contributed by atoms with Crippen molar-refractivity contribution in [2.45, 2.75) is 11.4 Å². The highest BCUT2D eigenvalue weighted by Crippen LogP contribution is 2.21. The van der Waals surface area contributed by atoms with E-state index >= 15 is 0 Å². The number of hydrogen-bond donors (Lipinski definition) is 0. The molecule has 106 valence electrons. The van der Waals surface area contributed by atoms with Crippen molar-refractivity contribution in [3.8, 4) is 0 Å². The summed E-state index contributed by atoms with van der Waals surface area (Å²) < 4.78 is 39.6. The maximum absolute atomic E-state index is 12.9. The van der Waals surface area contributed by atoms with Gasteiger partial charge < -0.3 is 0 Å². The van der Waals surface area contributed by atoms with Crippen molar-refractivity contribution in [2.24, 2.45) is 0 Å². The molecule has 0 amide bonds. The Kier molecular flexibility index (Phi) is 4.57. The third kappa shape index (κ3) is 3.26. The Morgan fingerprint density at radius 1 is 1.10 bits per heavy atom. The molecule has 0 heterocycles.